The number of nitrogens with one attached hydrogen (secondary N) is 2. The second-order valence-electron chi connectivity index (χ2n) is 21.7. The molecule has 2 fully saturated rings. The average molecular weight is 1170 g/mol. The molecule has 20 nitrogen and oxygen atoms in total. The Bertz CT molecular complexity index is 3780. The first kappa shape index (κ1) is 58.7. The zero-order valence-corrected chi connectivity index (χ0v) is 47.2. The number of aromatic nitrogens is 8. The van der Waals surface area contributed by atoms with E-state index in [1.807, 2.05) is 6.07 Å². The number of fused-ring (bicyclic) bond motifs is 6. The van der Waals surface area contributed by atoms with Gasteiger partial charge in [0, 0.05) is 54.7 Å². The molecular weight excluding hydrogens is 1110 g/mol. The summed E-state index contributed by atoms with van der Waals surface area (Å²) in [5.74, 6) is -2.46. The molecule has 10 heterocycles. The maximum Gasteiger partial charge on any atom is 0.506 e. The predicted molar refractivity (Wildman–Crippen MR) is 307 cm³/mol. The van der Waals surface area contributed by atoms with Crippen molar-refractivity contribution in [1.82, 2.24) is 38.7 Å². The lowest BCUT2D eigenvalue weighted by atomic mass is 9.86. The van der Waals surface area contributed by atoms with E-state index in [-0.39, 0.29) is 52.5 Å². The molecule has 0 spiro atoms. The summed E-state index contributed by atoms with van der Waals surface area (Å²) in [6.07, 6.45) is 13.0. The molecule has 2 saturated heterocycles. The van der Waals surface area contributed by atoms with Crippen molar-refractivity contribution in [3.8, 4) is 33.8 Å². The third kappa shape index (κ3) is 12.8. The van der Waals surface area contributed by atoms with Crippen LogP contribution in [0.5, 0.6) is 0 Å². The van der Waals surface area contributed by atoms with Crippen LogP contribution in [0.2, 0.25) is 5.02 Å². The van der Waals surface area contributed by atoms with Crippen LogP contribution in [0.15, 0.2) is 120 Å². The molecule has 0 radical (unpaired) electrons. The second-order valence-corrected chi connectivity index (χ2v) is 22.2. The molecular formula is C58H58BClF4N12O8. The Kier molecular flexibility index (Phi) is 17.0. The molecule has 0 amide bonds. The van der Waals surface area contributed by atoms with Crippen molar-refractivity contribution in [3.63, 3.8) is 0 Å². The molecule has 4 aliphatic heterocycles. The van der Waals surface area contributed by atoms with E-state index in [2.05, 4.69) is 40.8 Å². The van der Waals surface area contributed by atoms with E-state index in [1.165, 1.54) is 59.4 Å². The van der Waals surface area contributed by atoms with Crippen LogP contribution in [-0.2, 0) is 18.9 Å². The van der Waals surface area contributed by atoms with Gasteiger partial charge < -0.3 is 39.6 Å². The number of amidine groups is 2. The normalized spacial score (nSPS) is 16.3. The summed E-state index contributed by atoms with van der Waals surface area (Å²) >= 11 is 6.19. The van der Waals surface area contributed by atoms with Crippen LogP contribution < -0.4 is 16.2 Å². The Morgan fingerprint density at radius 1 is 0.631 bits per heavy atom. The number of rotatable bonds is 6. The van der Waals surface area contributed by atoms with Gasteiger partial charge in [-0.2, -0.15) is 10.2 Å². The topological polar surface area (TPSA) is 232 Å². The van der Waals surface area contributed by atoms with Crippen molar-refractivity contribution in [3.05, 3.63) is 149 Å². The van der Waals surface area contributed by atoms with Crippen LogP contribution in [0.25, 0.3) is 33.8 Å². The highest BCUT2D eigenvalue weighted by Gasteiger charge is 2.33. The maximum absolute atomic E-state index is 14.8. The highest BCUT2D eigenvalue weighted by atomic mass is 35.5. The summed E-state index contributed by atoms with van der Waals surface area (Å²) in [5, 5.41) is 33.5. The fourth-order valence-corrected chi connectivity index (χ4v) is 9.80. The van der Waals surface area contributed by atoms with E-state index in [1.54, 1.807) is 100.0 Å². The molecule has 0 saturated carbocycles. The lowest BCUT2D eigenvalue weighted by Crippen LogP contribution is -2.40. The number of ether oxygens (including phenoxy) is 4. The molecule has 2 atom stereocenters. The smallest absolute Gasteiger partial charge is 0.443 e. The van der Waals surface area contributed by atoms with Crippen LogP contribution in [0, 0.1) is 23.3 Å². The van der Waals surface area contributed by atoms with Crippen molar-refractivity contribution in [1.29, 1.82) is 0 Å². The highest BCUT2D eigenvalue weighted by Crippen LogP contribution is 2.44. The maximum atomic E-state index is 14.8. The Morgan fingerprint density at radius 3 is 1.57 bits per heavy atom. The molecule has 6 aromatic heterocycles. The zero-order chi connectivity index (χ0) is 59.6. The fraction of sp³-hybridized carbons (Fsp3) is 0.310. The Hall–Kier alpha value is -8.49. The van der Waals surface area contributed by atoms with Crippen LogP contribution in [0.1, 0.15) is 104 Å². The molecule has 4 aliphatic rings. The van der Waals surface area contributed by atoms with Gasteiger partial charge >= 0.3 is 19.3 Å². The van der Waals surface area contributed by atoms with Gasteiger partial charge in [-0.3, -0.25) is 9.13 Å². The van der Waals surface area contributed by atoms with Gasteiger partial charge in [0.15, 0.2) is 24.1 Å². The van der Waals surface area contributed by atoms with Crippen molar-refractivity contribution in [2.45, 2.75) is 104 Å². The number of carbonyl (C=O) groups excluding carboxylic acids is 2. The third-order valence-electron chi connectivity index (χ3n) is 13.3. The summed E-state index contributed by atoms with van der Waals surface area (Å²) in [6, 6.07) is 17.4. The van der Waals surface area contributed by atoms with E-state index < -0.39 is 53.8 Å². The Morgan fingerprint density at radius 2 is 1.10 bits per heavy atom. The molecule has 4 N–H and O–H groups in total. The number of hydrogen-bond donors (Lipinski definition) is 4. The molecule has 0 bridgehead atoms. The molecule has 0 aliphatic carbocycles. The fourth-order valence-electron chi connectivity index (χ4n) is 9.65. The van der Waals surface area contributed by atoms with Gasteiger partial charge in [-0.1, -0.05) is 23.7 Å². The van der Waals surface area contributed by atoms with E-state index in [4.69, 9.17) is 40.6 Å². The summed E-state index contributed by atoms with van der Waals surface area (Å²) in [7, 11) is -1.69. The van der Waals surface area contributed by atoms with E-state index in [0.717, 1.165) is 43.1 Å². The number of nitrogens with zero attached hydrogens (tertiary/aromatic N) is 10. The number of halogens is 5. The quantitative estimate of drug-likeness (QED) is 0.0896. The van der Waals surface area contributed by atoms with Gasteiger partial charge in [0.1, 0.15) is 46.1 Å². The Labute approximate surface area is 484 Å². The molecule has 26 heteroatoms. The molecule has 84 heavy (non-hydrogen) atoms. The van der Waals surface area contributed by atoms with Gasteiger partial charge in [0.05, 0.1) is 62.6 Å². The number of anilines is 2. The van der Waals surface area contributed by atoms with Crippen molar-refractivity contribution >= 4 is 71.2 Å². The van der Waals surface area contributed by atoms with E-state index >= 15 is 0 Å². The van der Waals surface area contributed by atoms with Crippen LogP contribution in [0.3, 0.4) is 0 Å². The van der Waals surface area contributed by atoms with Crippen molar-refractivity contribution in [2.24, 2.45) is 9.98 Å². The standard InChI is InChI=1S/C29H28F2N6O3.C20H16ClF2N5O.C9H14BNO4/c1-29(2,3)40-28(38)36-12-7-10-22(36)17-14-18-25-21(16-33-37(25)23-11-4-5-13-39-23)34-27(35-26(18)32-15-17)24-19(30)8-6-9-20(24)31;21-11-8-12-18-15(10-25-28(18)16-6-1-2-7-29-16)26-20(27-19(12)24-9-11)17-13(22)4-3-5-14(17)23;1-9(2,3)15-8(12)11-6-4-5-7(11)10(13)14/h6-10,12,14-16,23H,4-5,11,13H2,1-3H3,(H,32,34,35);3-5,8-10,16H,1-2,6-7H2,(H,24,26,27);4-6,13-14H,1-3H3. The monoisotopic (exact) mass is 1170 g/mol. The van der Waals surface area contributed by atoms with Crippen molar-refractivity contribution in [2.75, 3.05) is 23.8 Å². The van der Waals surface area contributed by atoms with E-state index in [0.29, 0.717) is 63.4 Å². The van der Waals surface area contributed by atoms with Gasteiger partial charge in [-0.05, 0) is 141 Å². The molecule has 2 unspecified atom stereocenters. The summed E-state index contributed by atoms with van der Waals surface area (Å²) < 4.78 is 87.1. The number of aliphatic imine (C=N–C) groups is 2. The minimum absolute atomic E-state index is 0.0135. The SMILES string of the molecule is CC(C)(C)OC(=O)n1cccc1-c1cnc2c(c1)-c1c(cnn1C1CCCCO1)NC(c1c(F)cccc1F)=N2.CC(C)(C)OC(=O)n1cccc1B(O)O.Fc1cccc(F)c1C1=Nc2ncc(Cl)cc2-c2c(cnn2C2CCCCO2)N1. The number of pyridine rings is 2. The lowest BCUT2D eigenvalue weighted by Gasteiger charge is -2.25. The first-order valence-corrected chi connectivity index (χ1v) is 27.3. The average Bonchev–Trinajstić information content (AvgIpc) is 2.29. The van der Waals surface area contributed by atoms with Crippen LogP contribution >= 0.6 is 11.6 Å². The van der Waals surface area contributed by atoms with Gasteiger partial charge in [-0.25, -0.2) is 56.5 Å². The third-order valence-corrected chi connectivity index (χ3v) is 13.5. The first-order valence-electron chi connectivity index (χ1n) is 26.9. The van der Waals surface area contributed by atoms with Gasteiger partial charge in [0.2, 0.25) is 0 Å². The van der Waals surface area contributed by atoms with Gasteiger partial charge in [-0.15, -0.1) is 0 Å². The lowest BCUT2D eigenvalue weighted by molar-refractivity contribution is -0.0384. The summed E-state index contributed by atoms with van der Waals surface area (Å²) in [6.45, 7) is 11.9. The van der Waals surface area contributed by atoms with E-state index in [9.17, 15) is 27.2 Å². The van der Waals surface area contributed by atoms with Crippen LogP contribution in [0.4, 0.5) is 50.2 Å². The predicted octanol–water partition coefficient (Wildman–Crippen LogP) is 11.7. The summed E-state index contributed by atoms with van der Waals surface area (Å²) in [4.78, 5) is 42.4. The second kappa shape index (κ2) is 24.4. The molecule has 12 rings (SSSR count). The number of carbonyl (C=O) groups is 2. The Balaban J connectivity index is 0.000000156. The zero-order valence-electron chi connectivity index (χ0n) is 46.5. The highest BCUT2D eigenvalue weighted by molar-refractivity contribution is 6.58. The summed E-state index contributed by atoms with van der Waals surface area (Å²) in [5.41, 5.74) is 2.92. The minimum atomic E-state index is -1.69. The molecule has 436 valence electrons. The largest absolute Gasteiger partial charge is 0.506 e. The van der Waals surface area contributed by atoms with Gasteiger partial charge in [0.25, 0.3) is 0 Å². The molecule has 2 aromatic carbocycles. The van der Waals surface area contributed by atoms with Crippen LogP contribution in [-0.4, -0.2) is 104 Å². The first-order chi connectivity index (χ1) is 40.1. The number of benzene rings is 2. The van der Waals surface area contributed by atoms with Crippen molar-refractivity contribution < 1.29 is 56.1 Å². The minimum Gasteiger partial charge on any atom is -0.443 e. The number of hydrogen-bond acceptors (Lipinski definition) is 16. The molecule has 8 aromatic rings.